The molecule has 3 aromatic carbocycles. The van der Waals surface area contributed by atoms with Gasteiger partial charge in [-0.1, -0.05) is 24.5 Å². The van der Waals surface area contributed by atoms with Crippen molar-refractivity contribution in [3.05, 3.63) is 53.6 Å². The molecule has 248 valence electrons. The van der Waals surface area contributed by atoms with Gasteiger partial charge in [-0.2, -0.15) is 9.97 Å². The Morgan fingerprint density at radius 3 is 2.75 bits per heavy atom. The summed E-state index contributed by atoms with van der Waals surface area (Å²) in [6.45, 7) is 2.01. The maximum absolute atomic E-state index is 17.1. The van der Waals surface area contributed by atoms with Gasteiger partial charge in [-0.25, -0.2) is 8.78 Å². The van der Waals surface area contributed by atoms with Gasteiger partial charge in [-0.3, -0.25) is 4.79 Å². The van der Waals surface area contributed by atoms with Crippen LogP contribution in [0.15, 0.2) is 36.4 Å². The summed E-state index contributed by atoms with van der Waals surface area (Å²) in [4.78, 5) is 26.7. The van der Waals surface area contributed by atoms with Gasteiger partial charge in [0, 0.05) is 47.5 Å². The van der Waals surface area contributed by atoms with E-state index in [1.165, 1.54) is 13.2 Å². The molecule has 3 aliphatic heterocycles. The molecule has 2 bridgehead atoms. The highest BCUT2D eigenvalue weighted by atomic mass is 19.1. The Labute approximate surface area is 277 Å². The topological polar surface area (TPSA) is 89.0 Å². The first kappa shape index (κ1) is 30.8. The highest BCUT2D eigenvalue weighted by molar-refractivity contribution is 6.04. The minimum atomic E-state index is -0.637. The summed E-state index contributed by atoms with van der Waals surface area (Å²) in [7, 11) is 3.68. The highest BCUT2D eigenvalue weighted by Crippen LogP contribution is 2.48. The van der Waals surface area contributed by atoms with Crippen molar-refractivity contribution in [3.8, 4) is 35.2 Å². The first-order chi connectivity index (χ1) is 23.3. The molecule has 4 fully saturated rings. The number of carbonyl (C=O) groups is 1. The molecule has 0 radical (unpaired) electrons. The number of nitrogens with zero attached hydrogens (tertiary/aromatic N) is 4. The van der Waals surface area contributed by atoms with Crippen LogP contribution in [-0.4, -0.2) is 79.5 Å². The van der Waals surface area contributed by atoms with Crippen LogP contribution in [0, 0.1) is 29.4 Å². The molecule has 48 heavy (non-hydrogen) atoms. The van der Waals surface area contributed by atoms with Crippen molar-refractivity contribution in [1.29, 1.82) is 0 Å². The average Bonchev–Trinajstić information content (AvgIpc) is 3.81. The van der Waals surface area contributed by atoms with Gasteiger partial charge in [0.1, 0.15) is 28.9 Å². The van der Waals surface area contributed by atoms with Gasteiger partial charge in [0.15, 0.2) is 12.6 Å². The molecule has 4 aromatic rings. The van der Waals surface area contributed by atoms with Crippen LogP contribution in [0.4, 0.5) is 14.6 Å². The summed E-state index contributed by atoms with van der Waals surface area (Å²) in [6.07, 6.45) is 11.9. The van der Waals surface area contributed by atoms with Crippen molar-refractivity contribution in [2.45, 2.75) is 56.7 Å². The predicted molar refractivity (Wildman–Crippen MR) is 178 cm³/mol. The minimum absolute atomic E-state index is 0.00444. The van der Waals surface area contributed by atoms with Crippen LogP contribution in [0.2, 0.25) is 0 Å². The number of hydrogen-bond donors (Lipinski definition) is 1. The van der Waals surface area contributed by atoms with E-state index in [0.29, 0.717) is 58.9 Å². The molecule has 1 aliphatic carbocycles. The van der Waals surface area contributed by atoms with Crippen molar-refractivity contribution in [1.82, 2.24) is 20.2 Å². The fourth-order valence-corrected chi connectivity index (χ4v) is 8.70. The molecule has 4 atom stereocenters. The molecule has 3 saturated heterocycles. The molecular weight excluding hydrogens is 616 g/mol. The van der Waals surface area contributed by atoms with Crippen LogP contribution in [0.1, 0.15) is 44.1 Å². The number of aromatic nitrogens is 2. The minimum Gasteiger partial charge on any atom is -0.468 e. The number of ether oxygens (including phenoxy) is 3. The van der Waals surface area contributed by atoms with Crippen LogP contribution in [-0.2, 0) is 9.53 Å². The van der Waals surface area contributed by atoms with Crippen molar-refractivity contribution < 1.29 is 27.8 Å². The molecule has 11 heteroatoms. The number of piperazine rings is 1. The number of benzene rings is 3. The van der Waals surface area contributed by atoms with E-state index in [0.717, 1.165) is 38.6 Å². The second-order valence-corrected chi connectivity index (χ2v) is 13.6. The van der Waals surface area contributed by atoms with E-state index in [1.54, 1.807) is 30.3 Å². The zero-order chi connectivity index (χ0) is 33.2. The molecule has 4 aliphatic rings. The van der Waals surface area contributed by atoms with Gasteiger partial charge >= 0.3 is 6.01 Å². The number of fused-ring (bicyclic) bond motifs is 5. The number of piperidine rings is 1. The Morgan fingerprint density at radius 2 is 1.96 bits per heavy atom. The average molecular weight is 654 g/mol. The third-order valence-electron chi connectivity index (χ3n) is 10.9. The molecule has 8 rings (SSSR count). The normalized spacial score (nSPS) is 25.0. The standard InChI is InChI=1S/C37H37F2N5O4/c1-4-24-28(38)11-8-21-15-23(48-20-46-3)17-27(31(21)24)25-9-10-26-33(32(25)39)41-36(42-34(26)44-18-22-16-29(44)35(45)40-22)47-19-37-12-5-7-30(37)43(2)14-6-13-37/h1,8-11,15,17,22,29-30H,5-7,12-14,16,18-20H2,2-3H3,(H,40,45)/t22-,29-,30+,37+/m0/s1. The number of likely N-dealkylation sites (tertiary alicyclic amines) is 1. The summed E-state index contributed by atoms with van der Waals surface area (Å²) in [5.41, 5.74) is 0.569. The van der Waals surface area contributed by atoms with Crippen LogP contribution < -0.4 is 19.7 Å². The molecule has 0 unspecified atom stereocenters. The fourth-order valence-electron chi connectivity index (χ4n) is 8.70. The summed E-state index contributed by atoms with van der Waals surface area (Å²) in [5, 5.41) is 4.43. The second-order valence-electron chi connectivity index (χ2n) is 13.6. The van der Waals surface area contributed by atoms with Crippen LogP contribution in [0.5, 0.6) is 11.8 Å². The number of hydrogen-bond acceptors (Lipinski definition) is 8. The Bertz CT molecular complexity index is 2000. The SMILES string of the molecule is C#Cc1c(F)ccc2cc(OCOC)cc(-c3ccc4c(N5C[C@@H]6C[C@H]5C(=O)N6)nc(OC[C@]56CCC[C@H]5N(C)CCC6)nc4c3F)c12. The van der Waals surface area contributed by atoms with Crippen molar-refractivity contribution in [3.63, 3.8) is 0 Å². The summed E-state index contributed by atoms with van der Waals surface area (Å²) in [5.74, 6) is 2.03. The van der Waals surface area contributed by atoms with Gasteiger partial charge in [0.2, 0.25) is 5.91 Å². The lowest BCUT2D eigenvalue weighted by atomic mass is 9.76. The van der Waals surface area contributed by atoms with E-state index in [-0.39, 0.29) is 46.8 Å². The van der Waals surface area contributed by atoms with Gasteiger partial charge < -0.3 is 29.3 Å². The van der Waals surface area contributed by atoms with E-state index in [1.807, 2.05) is 4.90 Å². The van der Waals surface area contributed by atoms with E-state index in [9.17, 15) is 4.79 Å². The highest BCUT2D eigenvalue weighted by Gasteiger charge is 2.48. The van der Waals surface area contributed by atoms with Crippen LogP contribution in [0.3, 0.4) is 0 Å². The van der Waals surface area contributed by atoms with Gasteiger partial charge in [0.05, 0.1) is 12.2 Å². The molecule has 1 N–H and O–H groups in total. The van der Waals surface area contributed by atoms with Crippen molar-refractivity contribution >= 4 is 33.4 Å². The zero-order valence-electron chi connectivity index (χ0n) is 27.0. The van der Waals surface area contributed by atoms with Crippen molar-refractivity contribution in [2.24, 2.45) is 5.41 Å². The lowest BCUT2D eigenvalue weighted by Gasteiger charge is -2.44. The Balaban J connectivity index is 1.28. The molecule has 1 aromatic heterocycles. The van der Waals surface area contributed by atoms with Crippen LogP contribution >= 0.6 is 0 Å². The Hall–Kier alpha value is -4.53. The van der Waals surface area contributed by atoms with E-state index in [2.05, 4.69) is 28.2 Å². The first-order valence-corrected chi connectivity index (χ1v) is 16.6. The zero-order valence-corrected chi connectivity index (χ0v) is 27.0. The van der Waals surface area contributed by atoms with Gasteiger partial charge in [-0.05, 0) is 80.9 Å². The monoisotopic (exact) mass is 653 g/mol. The lowest BCUT2D eigenvalue weighted by molar-refractivity contribution is -0.121. The molecule has 0 spiro atoms. The fraction of sp³-hybridized carbons (Fsp3) is 0.432. The van der Waals surface area contributed by atoms with Crippen molar-refractivity contribution in [2.75, 3.05) is 45.5 Å². The summed E-state index contributed by atoms with van der Waals surface area (Å²) >= 11 is 0. The molecule has 1 saturated carbocycles. The smallest absolute Gasteiger partial charge is 0.319 e. The molecular formula is C37H37F2N5O4. The third-order valence-corrected chi connectivity index (χ3v) is 10.9. The molecule has 9 nitrogen and oxygen atoms in total. The maximum Gasteiger partial charge on any atom is 0.319 e. The van der Waals surface area contributed by atoms with E-state index in [4.69, 9.17) is 25.6 Å². The van der Waals surface area contributed by atoms with Gasteiger partial charge in [-0.15, -0.1) is 6.42 Å². The number of anilines is 1. The lowest BCUT2D eigenvalue weighted by Crippen LogP contribution is -2.50. The third kappa shape index (κ3) is 4.92. The first-order valence-electron chi connectivity index (χ1n) is 16.6. The largest absolute Gasteiger partial charge is 0.468 e. The number of nitrogens with one attached hydrogen (secondary N) is 1. The number of carbonyl (C=O) groups excluding carboxylic acids is 1. The summed E-state index contributed by atoms with van der Waals surface area (Å²) in [6, 6.07) is 9.68. The van der Waals surface area contributed by atoms with E-state index >= 15 is 8.78 Å². The van der Waals surface area contributed by atoms with E-state index < -0.39 is 17.7 Å². The Morgan fingerprint density at radius 1 is 1.10 bits per heavy atom. The number of amides is 1. The number of rotatable bonds is 8. The number of halogens is 2. The van der Waals surface area contributed by atoms with Crippen LogP contribution in [0.25, 0.3) is 32.8 Å². The number of terminal acetylenes is 1. The second kappa shape index (κ2) is 11.9. The molecule has 1 amide bonds. The quantitative estimate of drug-likeness (QED) is 0.200. The molecule has 4 heterocycles. The summed E-state index contributed by atoms with van der Waals surface area (Å²) < 4.78 is 49.4. The Kier molecular flexibility index (Phi) is 7.61. The number of methoxy groups -OCH3 is 1. The maximum atomic E-state index is 17.1. The van der Waals surface area contributed by atoms with Gasteiger partial charge in [0.25, 0.3) is 0 Å². The predicted octanol–water partition coefficient (Wildman–Crippen LogP) is 5.41.